The first-order chi connectivity index (χ1) is 4.70. The molecule has 0 aliphatic heterocycles. The molecular formula is C5H3FN2O2. The third-order valence-electron chi connectivity index (χ3n) is 0.895. The number of halogens is 1. The highest BCUT2D eigenvalue weighted by atomic mass is 19.1. The summed E-state index contributed by atoms with van der Waals surface area (Å²) < 4.78 is 12.2. The van der Waals surface area contributed by atoms with Crippen LogP contribution in [0.15, 0.2) is 18.3 Å². The van der Waals surface area contributed by atoms with Crippen molar-refractivity contribution in [3.63, 3.8) is 0 Å². The van der Waals surface area contributed by atoms with E-state index in [9.17, 15) is 14.5 Å². The second kappa shape index (κ2) is 2.38. The smallest absolute Gasteiger partial charge is 0.358 e. The van der Waals surface area contributed by atoms with Crippen LogP contribution in [0.4, 0.5) is 10.2 Å². The molecule has 0 amide bonds. The number of hydrogen-bond acceptors (Lipinski definition) is 3. The van der Waals surface area contributed by atoms with Gasteiger partial charge < -0.3 is 10.1 Å². The van der Waals surface area contributed by atoms with Gasteiger partial charge in [0.15, 0.2) is 0 Å². The number of rotatable bonds is 1. The second-order valence-corrected chi connectivity index (χ2v) is 1.59. The lowest BCUT2D eigenvalue weighted by molar-refractivity contribution is -0.389. The normalized spacial score (nSPS) is 9.30. The Morgan fingerprint density at radius 3 is 2.80 bits per heavy atom. The topological polar surface area (TPSA) is 56.0 Å². The molecule has 4 nitrogen and oxygen atoms in total. The van der Waals surface area contributed by atoms with E-state index in [4.69, 9.17) is 0 Å². The van der Waals surface area contributed by atoms with Crippen LogP contribution in [0.2, 0.25) is 0 Å². The molecule has 0 atom stereocenters. The molecule has 0 radical (unpaired) electrons. The summed E-state index contributed by atoms with van der Waals surface area (Å²) in [6, 6.07) is 1.81. The molecule has 0 aliphatic rings. The van der Waals surface area contributed by atoms with Gasteiger partial charge in [-0.05, 0) is 9.91 Å². The van der Waals surface area contributed by atoms with Crippen molar-refractivity contribution in [3.8, 4) is 0 Å². The Balaban J connectivity index is 3.07. The van der Waals surface area contributed by atoms with Crippen LogP contribution in [0.1, 0.15) is 0 Å². The molecule has 1 aromatic rings. The molecule has 52 valence electrons. The van der Waals surface area contributed by atoms with Crippen LogP contribution in [-0.2, 0) is 0 Å². The number of nitrogens with zero attached hydrogens (tertiary/aromatic N) is 2. The van der Waals surface area contributed by atoms with Crippen molar-refractivity contribution < 1.29 is 9.31 Å². The van der Waals surface area contributed by atoms with Crippen LogP contribution < -0.4 is 0 Å². The average Bonchev–Trinajstić information content (AvgIpc) is 1.88. The Morgan fingerprint density at radius 1 is 1.70 bits per heavy atom. The molecule has 0 saturated heterocycles. The minimum atomic E-state index is -0.747. The summed E-state index contributed by atoms with van der Waals surface area (Å²) in [5.74, 6) is -1.12. The van der Waals surface area contributed by atoms with E-state index in [1.807, 2.05) is 0 Å². The average molecular weight is 142 g/mol. The van der Waals surface area contributed by atoms with E-state index in [0.717, 1.165) is 18.3 Å². The molecule has 0 aliphatic carbocycles. The summed E-state index contributed by atoms with van der Waals surface area (Å²) in [5.41, 5.74) is 0. The molecule has 1 heterocycles. The Morgan fingerprint density at radius 2 is 2.40 bits per heavy atom. The highest BCUT2D eigenvalue weighted by Gasteiger charge is 2.05. The molecule has 1 aromatic heterocycles. The van der Waals surface area contributed by atoms with Gasteiger partial charge in [0.05, 0.1) is 6.07 Å². The summed E-state index contributed by atoms with van der Waals surface area (Å²) in [6.07, 6.45) is 1.05. The minimum Gasteiger partial charge on any atom is -0.358 e. The standard InChI is InChI=1S/C5H3FN2O2/c6-4-1-2-7-5(3-4)8(9)10/h1-3H. The fourth-order valence-electron chi connectivity index (χ4n) is 0.493. The quantitative estimate of drug-likeness (QED) is 0.436. The van der Waals surface area contributed by atoms with Gasteiger partial charge in [0.25, 0.3) is 0 Å². The molecule has 0 unspecified atom stereocenters. The number of hydrogen-bond donors (Lipinski definition) is 0. The van der Waals surface area contributed by atoms with Crippen molar-refractivity contribution in [1.29, 1.82) is 0 Å². The third-order valence-corrected chi connectivity index (χ3v) is 0.895. The fourth-order valence-corrected chi connectivity index (χ4v) is 0.493. The molecule has 1 rings (SSSR count). The highest BCUT2D eigenvalue weighted by Crippen LogP contribution is 2.06. The van der Waals surface area contributed by atoms with E-state index in [2.05, 4.69) is 4.98 Å². The highest BCUT2D eigenvalue weighted by molar-refractivity contribution is 5.17. The Bertz CT molecular complexity index is 264. The summed E-state index contributed by atoms with van der Waals surface area (Å²) >= 11 is 0. The van der Waals surface area contributed by atoms with Crippen molar-refractivity contribution in [2.75, 3.05) is 0 Å². The van der Waals surface area contributed by atoms with Gasteiger partial charge in [0.2, 0.25) is 0 Å². The third kappa shape index (κ3) is 1.25. The van der Waals surface area contributed by atoms with Gasteiger partial charge in [-0.3, -0.25) is 0 Å². The zero-order chi connectivity index (χ0) is 7.56. The van der Waals surface area contributed by atoms with Crippen molar-refractivity contribution in [2.24, 2.45) is 0 Å². The molecular weight excluding hydrogens is 139 g/mol. The number of pyridine rings is 1. The molecule has 5 heteroatoms. The van der Waals surface area contributed by atoms with Gasteiger partial charge in [-0.1, -0.05) is 0 Å². The van der Waals surface area contributed by atoms with Gasteiger partial charge in [-0.2, -0.15) is 0 Å². The Kier molecular flexibility index (Phi) is 1.57. The van der Waals surface area contributed by atoms with Crippen LogP contribution in [0.25, 0.3) is 0 Å². The number of aromatic nitrogens is 1. The lowest BCUT2D eigenvalue weighted by atomic mass is 10.4. The number of nitro groups is 1. The minimum absolute atomic E-state index is 0.472. The van der Waals surface area contributed by atoms with E-state index >= 15 is 0 Å². The van der Waals surface area contributed by atoms with E-state index in [1.165, 1.54) is 0 Å². The predicted octanol–water partition coefficient (Wildman–Crippen LogP) is 1.13. The van der Waals surface area contributed by atoms with Gasteiger partial charge in [-0.25, -0.2) is 4.39 Å². The van der Waals surface area contributed by atoms with E-state index in [1.54, 1.807) is 0 Å². The SMILES string of the molecule is O=[N+]([O-])c1cc(F)ccn1. The van der Waals surface area contributed by atoms with Crippen LogP contribution in [0.3, 0.4) is 0 Å². The first-order valence-corrected chi connectivity index (χ1v) is 2.46. The van der Waals surface area contributed by atoms with E-state index in [-0.39, 0.29) is 0 Å². The summed E-state index contributed by atoms with van der Waals surface area (Å²) in [4.78, 5) is 12.5. The maximum absolute atomic E-state index is 12.2. The molecule has 0 N–H and O–H groups in total. The van der Waals surface area contributed by atoms with Crippen molar-refractivity contribution in [1.82, 2.24) is 4.98 Å². The largest absolute Gasteiger partial charge is 0.366 e. The van der Waals surface area contributed by atoms with Crippen LogP contribution in [-0.4, -0.2) is 9.91 Å². The molecule has 0 spiro atoms. The van der Waals surface area contributed by atoms with E-state index in [0.29, 0.717) is 0 Å². The monoisotopic (exact) mass is 142 g/mol. The van der Waals surface area contributed by atoms with Crippen molar-refractivity contribution in [3.05, 3.63) is 34.3 Å². The maximum Gasteiger partial charge on any atom is 0.366 e. The second-order valence-electron chi connectivity index (χ2n) is 1.59. The fraction of sp³-hybridized carbons (Fsp3) is 0. The maximum atomic E-state index is 12.2. The van der Waals surface area contributed by atoms with E-state index < -0.39 is 16.6 Å². The van der Waals surface area contributed by atoms with Gasteiger partial charge in [0.1, 0.15) is 12.0 Å². The summed E-state index contributed by atoms with van der Waals surface area (Å²) in [7, 11) is 0. The lowest BCUT2D eigenvalue weighted by Crippen LogP contribution is -1.91. The first-order valence-electron chi connectivity index (χ1n) is 2.46. The molecule has 0 bridgehead atoms. The Hall–Kier alpha value is -1.52. The molecule has 0 saturated carbocycles. The molecule has 0 aromatic carbocycles. The van der Waals surface area contributed by atoms with Crippen molar-refractivity contribution in [2.45, 2.75) is 0 Å². The van der Waals surface area contributed by atoms with Gasteiger partial charge in [0, 0.05) is 6.07 Å². The Labute approximate surface area is 55.5 Å². The van der Waals surface area contributed by atoms with Crippen LogP contribution >= 0.6 is 0 Å². The zero-order valence-corrected chi connectivity index (χ0v) is 4.82. The lowest BCUT2D eigenvalue weighted by Gasteiger charge is -1.88. The first kappa shape index (κ1) is 6.60. The zero-order valence-electron chi connectivity index (χ0n) is 4.82. The van der Waals surface area contributed by atoms with Gasteiger partial charge in [-0.15, -0.1) is 0 Å². The van der Waals surface area contributed by atoms with Gasteiger partial charge >= 0.3 is 5.82 Å². The summed E-state index contributed by atoms with van der Waals surface area (Å²) in [5, 5.41) is 9.93. The summed E-state index contributed by atoms with van der Waals surface area (Å²) in [6.45, 7) is 0. The van der Waals surface area contributed by atoms with Crippen LogP contribution in [0, 0.1) is 15.9 Å². The predicted molar refractivity (Wildman–Crippen MR) is 30.8 cm³/mol. The van der Waals surface area contributed by atoms with Crippen LogP contribution in [0.5, 0.6) is 0 Å². The van der Waals surface area contributed by atoms with Crippen molar-refractivity contribution >= 4 is 5.82 Å². The molecule has 0 fully saturated rings. The molecule has 10 heavy (non-hydrogen) atoms.